The van der Waals surface area contributed by atoms with Gasteiger partial charge in [0.05, 0.1) is 57.2 Å². The molecule has 6 bridgehead atoms. The Hall–Kier alpha value is -11.0. The molecule has 6 aliphatic heterocycles. The molecule has 6 saturated heterocycles. The van der Waals surface area contributed by atoms with Crippen molar-refractivity contribution in [2.24, 2.45) is 0 Å². The Labute approximate surface area is 656 Å². The number of nitrogens with one attached hydrogen (secondary N) is 4. The summed E-state index contributed by atoms with van der Waals surface area (Å²) in [5.74, 6) is 1.16. The summed E-state index contributed by atoms with van der Waals surface area (Å²) < 4.78 is 40.6. The van der Waals surface area contributed by atoms with Crippen molar-refractivity contribution in [1.82, 2.24) is 88.5 Å². The Kier molecular flexibility index (Phi) is 25.7. The number of carbonyl (C=O) groups excluding carboxylic acids is 3. The van der Waals surface area contributed by atoms with Crippen LogP contribution in [0.4, 0.5) is 29.4 Å². The van der Waals surface area contributed by atoms with Crippen molar-refractivity contribution < 1.29 is 47.9 Å². The highest BCUT2D eigenvalue weighted by Crippen LogP contribution is 2.58. The highest BCUT2D eigenvalue weighted by atomic mass is 31.2. The maximum Gasteiger partial charge on any atom is 0.259 e. The van der Waals surface area contributed by atoms with Crippen LogP contribution >= 0.6 is 8.53 Å². The van der Waals surface area contributed by atoms with E-state index in [1.54, 1.807) is 138 Å². The van der Waals surface area contributed by atoms with Crippen molar-refractivity contribution in [3.05, 3.63) is 183 Å². The van der Waals surface area contributed by atoms with Crippen LogP contribution in [-0.4, -0.2) is 203 Å². The van der Waals surface area contributed by atoms with Crippen LogP contribution < -0.4 is 31.1 Å². The highest BCUT2D eigenvalue weighted by Gasteiger charge is 2.67. The minimum atomic E-state index is -1.58. The largest absolute Gasteiger partial charge is 0.388 e. The molecule has 0 saturated carbocycles. The molecule has 594 valence electrons. The fraction of sp³-hybridized carbons (Fsp3) is 0.423. The Morgan fingerprint density at radius 2 is 0.929 bits per heavy atom. The van der Waals surface area contributed by atoms with E-state index in [4.69, 9.17) is 23.3 Å². The molecule has 1 unspecified atom stereocenters. The Bertz CT molecular complexity index is 5090. The number of anilines is 5. The second-order valence-corrected chi connectivity index (χ2v) is 29.0. The lowest BCUT2D eigenvalue weighted by atomic mass is 9.96. The molecule has 8 aromatic heterocycles. The van der Waals surface area contributed by atoms with Crippen molar-refractivity contribution in [2.45, 2.75) is 188 Å². The van der Waals surface area contributed by atoms with Gasteiger partial charge in [0.15, 0.2) is 69.6 Å². The number of hydrogen-bond acceptors (Lipinski definition) is 28. The van der Waals surface area contributed by atoms with Crippen molar-refractivity contribution in [2.75, 3.05) is 52.0 Å². The average molecular weight is 1560 g/mol. The zero-order valence-corrected chi connectivity index (χ0v) is 61.5. The van der Waals surface area contributed by atoms with E-state index in [0.717, 1.165) is 0 Å². The van der Waals surface area contributed by atoms with Gasteiger partial charge in [0, 0.05) is 60.1 Å². The fourth-order valence-corrected chi connectivity index (χ4v) is 17.1. The first-order chi connectivity index (χ1) is 53.0. The van der Waals surface area contributed by atoms with Crippen LogP contribution in [0.3, 0.4) is 0 Å². The van der Waals surface area contributed by atoms with E-state index in [9.17, 15) is 29.9 Å². The summed E-state index contributed by atoms with van der Waals surface area (Å²) in [5, 5.41) is 42.9. The van der Waals surface area contributed by atoms with Gasteiger partial charge in [-0.2, -0.15) is 5.26 Å². The molecule has 6 N–H and O–H groups in total. The molecule has 113 heavy (non-hydrogen) atoms. The molecular weight excluding hydrogens is 1460 g/mol. The van der Waals surface area contributed by atoms with Crippen molar-refractivity contribution in [3.63, 3.8) is 0 Å². The first-order valence-corrected chi connectivity index (χ1v) is 37.2. The van der Waals surface area contributed by atoms with Gasteiger partial charge in [0.25, 0.3) is 26.2 Å². The quantitative estimate of drug-likeness (QED) is 0.0271. The second kappa shape index (κ2) is 35.0. The number of benzene rings is 3. The molecule has 17 rings (SSSR count). The molecule has 6 aliphatic rings. The summed E-state index contributed by atoms with van der Waals surface area (Å²) in [7, 11) is -1.58. The fourth-order valence-electron chi connectivity index (χ4n) is 15.3. The first kappa shape index (κ1) is 83.0. The minimum Gasteiger partial charge on any atom is -0.388 e. The van der Waals surface area contributed by atoms with Gasteiger partial charge in [0.1, 0.15) is 66.2 Å². The number of imidazole rings is 3. The lowest BCUT2D eigenvalue weighted by Crippen LogP contribution is -2.46. The molecule has 0 radical (unpaired) electrons. The summed E-state index contributed by atoms with van der Waals surface area (Å²) in [4.78, 5) is 99.8. The lowest BCUT2D eigenvalue weighted by Gasteiger charge is -2.38. The molecule has 0 aliphatic carbocycles. The van der Waals surface area contributed by atoms with Crippen LogP contribution in [0, 0.1) is 11.3 Å². The zero-order chi connectivity index (χ0) is 75.7. The van der Waals surface area contributed by atoms with Gasteiger partial charge in [-0.3, -0.25) is 28.1 Å². The molecule has 11 aromatic rings. The van der Waals surface area contributed by atoms with Gasteiger partial charge in [-0.15, -0.1) is 0 Å². The molecule has 13 atom stereocenters. The van der Waals surface area contributed by atoms with Gasteiger partial charge < -0.3 is 64.5 Å². The second-order valence-electron chi connectivity index (χ2n) is 27.6. The van der Waals surface area contributed by atoms with E-state index in [1.165, 1.54) is 19.0 Å². The number of fused-ring (bicyclic) bond motifs is 9. The number of rotatable bonds is 22. The molecule has 3 aromatic carbocycles. The van der Waals surface area contributed by atoms with Crippen LogP contribution in [0.5, 0.6) is 0 Å². The predicted octanol–water partition coefficient (Wildman–Crippen LogP) is 10.5. The van der Waals surface area contributed by atoms with E-state index in [1.807, 2.05) is 41.5 Å². The first-order valence-electron chi connectivity index (χ1n) is 36.1. The van der Waals surface area contributed by atoms with Crippen LogP contribution in [-0.2, 0) is 23.3 Å². The minimum absolute atomic E-state index is 0. The molecular formula is C78H97N24O10P. The number of aliphatic hydroxyl groups is 2. The standard InChI is InChI=1S/C32H39N10O4P.C23H22N8O3.C19H20N6O3.4CH4/c1-6-32-18-40(31-34-15-11-16-35-31)25(26(32)46-47(44-17-10-14-33)42(21(2)3)22(4)5)30(45-32)41-20-38-24-27(36-19-37-28(24)41)39-29(43)23-12-8-7-9-13-23;1-2-23-11-30(22-24-9-6-10-25-22)16(17(23)32)21(34-23)31-13-28-15-18(26-12-27-19(15)31)29-20(33)14-7-4-3-5-8-14;1-2-19-8-20-12(14(19)26)18(28-19)25-10-23-13-15(21-9-22-16(13)25)24-17(27)11-6-4-3-5-7-11;;;;/h7-9,11-13,15-16,19-22,25-26,30H,6,10,17-18H2,1-5H3,(H,36,37,39,43);3-10,12-13,16-17,21,32H,2,11H2,1H3,(H,26,27,29,33);3-7,9-10,12,14,18,20,26H,2,8H2,1H3,(H,21,22,24,27);4*1H4/t25-,26+,30-,32+,47?;16-,17+,21-,23+;12-,14+,18-,19+;;;;/m111..../s1. The molecule has 34 nitrogen and oxygen atoms in total. The third-order valence-electron chi connectivity index (χ3n) is 20.7. The predicted molar refractivity (Wildman–Crippen MR) is 426 cm³/mol. The van der Waals surface area contributed by atoms with Crippen molar-refractivity contribution in [3.8, 4) is 6.07 Å². The highest BCUT2D eigenvalue weighted by molar-refractivity contribution is 7.44. The number of carbonyl (C=O) groups is 3. The number of ether oxygens (including phenoxy) is 3. The zero-order valence-electron chi connectivity index (χ0n) is 60.6. The number of nitriles is 1. The molecule has 6 fully saturated rings. The number of morpholine rings is 3. The average Bonchev–Trinajstić information content (AvgIpc) is 1.57. The summed E-state index contributed by atoms with van der Waals surface area (Å²) in [6, 6.07) is 31.6. The maximum atomic E-state index is 13.0. The van der Waals surface area contributed by atoms with Crippen LogP contribution in [0.1, 0.15) is 154 Å². The topological polar surface area (TPSA) is 402 Å². The van der Waals surface area contributed by atoms with Gasteiger partial charge in [-0.25, -0.2) is 69.5 Å². The number of nitrogens with zero attached hydrogens (tertiary/aromatic N) is 20. The third-order valence-corrected chi connectivity index (χ3v) is 22.9. The van der Waals surface area contributed by atoms with Gasteiger partial charge in [-0.05, 0) is 95.5 Å². The van der Waals surface area contributed by atoms with E-state index >= 15 is 0 Å². The maximum absolute atomic E-state index is 13.0. The smallest absolute Gasteiger partial charge is 0.259 e. The van der Waals surface area contributed by atoms with Crippen LogP contribution in [0.25, 0.3) is 33.5 Å². The van der Waals surface area contributed by atoms with Gasteiger partial charge >= 0.3 is 0 Å². The van der Waals surface area contributed by atoms with Crippen LogP contribution in [0.15, 0.2) is 166 Å². The van der Waals surface area contributed by atoms with Crippen LogP contribution in [0.2, 0.25) is 0 Å². The SMILES string of the molecule is C.C.C.C.CC[C@@]12CN(c3ncccn3)[C@@H]([C@H](n3cnc4c(NC(=O)c5ccccc5)ncnc43)O1)[C@@H]2O.CC[C@@]12CN(c3ncccn3)[C@@H]([C@H](n3cnc4c(NC(=O)c5ccccc5)ncnc43)O1)[C@@H]2OP(OCCC#N)N(C(C)C)C(C)C.CC[C@@]12CN[C@@H]([C@H](n3cnc4c(NC(=O)c5ccccc5)ncnc43)O1)[C@@H]2O. The third kappa shape index (κ3) is 15.5. The van der Waals surface area contributed by atoms with E-state index < -0.39 is 74.4 Å². The van der Waals surface area contributed by atoms with E-state index in [2.05, 4.69) is 136 Å². The summed E-state index contributed by atoms with van der Waals surface area (Å²) >= 11 is 0. The molecule has 0 spiro atoms. The Morgan fingerprint density at radius 3 is 1.33 bits per heavy atom. The summed E-state index contributed by atoms with van der Waals surface area (Å²) in [6.45, 7) is 16.4. The molecule has 3 amide bonds. The van der Waals surface area contributed by atoms with Crippen molar-refractivity contribution in [1.29, 1.82) is 5.26 Å². The van der Waals surface area contributed by atoms with Gasteiger partial charge in [-0.1, -0.05) is 105 Å². The number of aromatic nitrogens is 16. The van der Waals surface area contributed by atoms with Crippen molar-refractivity contribution >= 4 is 89.1 Å². The normalized spacial score (nSPS) is 24.3. The Morgan fingerprint density at radius 1 is 0.540 bits per heavy atom. The molecule has 35 heteroatoms. The monoisotopic (exact) mass is 1560 g/mol. The lowest BCUT2D eigenvalue weighted by molar-refractivity contribution is -0.109. The summed E-state index contributed by atoms with van der Waals surface area (Å²) in [6.07, 6.45) is 14.6. The molecule has 14 heterocycles. The number of aliphatic hydroxyl groups excluding tert-OH is 2. The summed E-state index contributed by atoms with van der Waals surface area (Å²) in [5.41, 5.74) is 2.30. The van der Waals surface area contributed by atoms with E-state index in [-0.39, 0.29) is 78.6 Å². The number of hydrogen-bond donors (Lipinski definition) is 6. The Balaban J connectivity index is 0.000000170. The number of amides is 3. The van der Waals surface area contributed by atoms with E-state index in [0.29, 0.717) is 118 Å². The van der Waals surface area contributed by atoms with Gasteiger partial charge in [0.2, 0.25) is 11.9 Å².